The Morgan fingerprint density at radius 3 is 2.70 bits per heavy atom. The van der Waals surface area contributed by atoms with Crippen LogP contribution in [0.2, 0.25) is 0 Å². The van der Waals surface area contributed by atoms with Crippen molar-refractivity contribution in [1.82, 2.24) is 0 Å². The van der Waals surface area contributed by atoms with Crippen LogP contribution in [0.15, 0.2) is 0 Å². The third-order valence-corrected chi connectivity index (χ3v) is 1.58. The van der Waals surface area contributed by atoms with E-state index in [0.29, 0.717) is 6.29 Å². The maximum atomic E-state index is 9.94. The summed E-state index contributed by atoms with van der Waals surface area (Å²) in [6, 6.07) is 0. The minimum atomic E-state index is -0.898. The first-order valence-corrected chi connectivity index (χ1v) is 3.17. The number of aldehydes is 1. The quantitative estimate of drug-likeness (QED) is 0.475. The molecule has 58 valence electrons. The number of carbonyl (C=O) groups excluding carboxylic acids is 1. The van der Waals surface area contributed by atoms with E-state index < -0.39 is 18.3 Å². The summed E-state index contributed by atoms with van der Waals surface area (Å²) in [6.07, 6.45) is -1.41. The first-order valence-electron chi connectivity index (χ1n) is 3.17. The van der Waals surface area contributed by atoms with E-state index in [9.17, 15) is 4.79 Å². The van der Waals surface area contributed by atoms with Crippen molar-refractivity contribution in [1.29, 1.82) is 0 Å². The molecule has 3 atom stereocenters. The van der Waals surface area contributed by atoms with E-state index in [-0.39, 0.29) is 13.0 Å². The van der Waals surface area contributed by atoms with Gasteiger partial charge in [0.1, 0.15) is 18.5 Å². The van der Waals surface area contributed by atoms with Crippen molar-refractivity contribution < 1.29 is 19.7 Å². The zero-order valence-corrected chi connectivity index (χ0v) is 5.43. The highest BCUT2D eigenvalue weighted by atomic mass is 16.5. The Labute approximate surface area is 58.4 Å². The highest BCUT2D eigenvalue weighted by Crippen LogP contribution is 2.15. The summed E-state index contributed by atoms with van der Waals surface area (Å²) in [6.45, 7) is 0.125. The molecule has 0 saturated carbocycles. The van der Waals surface area contributed by atoms with Gasteiger partial charge in [0.25, 0.3) is 0 Å². The molecule has 1 rings (SSSR count). The first kappa shape index (κ1) is 7.65. The highest BCUT2D eigenvalue weighted by Gasteiger charge is 2.33. The molecule has 1 saturated heterocycles. The van der Waals surface area contributed by atoms with Crippen LogP contribution in [0.1, 0.15) is 6.42 Å². The van der Waals surface area contributed by atoms with Gasteiger partial charge in [-0.2, -0.15) is 0 Å². The lowest BCUT2D eigenvalue weighted by molar-refractivity contribution is -0.110. The highest BCUT2D eigenvalue weighted by molar-refractivity contribution is 5.50. The van der Waals surface area contributed by atoms with Crippen molar-refractivity contribution in [2.45, 2.75) is 24.7 Å². The number of carbonyl (C=O) groups is 1. The van der Waals surface area contributed by atoms with E-state index in [1.54, 1.807) is 0 Å². The van der Waals surface area contributed by atoms with E-state index in [1.165, 1.54) is 0 Å². The van der Waals surface area contributed by atoms with Gasteiger partial charge in [-0.25, -0.2) is 0 Å². The molecule has 1 heterocycles. The Morgan fingerprint density at radius 1 is 1.60 bits per heavy atom. The molecule has 1 aliphatic rings. The zero-order valence-electron chi connectivity index (χ0n) is 5.43. The molecule has 0 aromatic carbocycles. The molecule has 0 spiro atoms. The molecule has 0 unspecified atom stereocenters. The molecule has 4 nitrogen and oxygen atoms in total. The van der Waals surface area contributed by atoms with Crippen LogP contribution in [0.3, 0.4) is 0 Å². The first-order chi connectivity index (χ1) is 4.75. The van der Waals surface area contributed by atoms with Gasteiger partial charge in [-0.05, 0) is 0 Å². The van der Waals surface area contributed by atoms with Gasteiger partial charge in [-0.1, -0.05) is 0 Å². The smallest absolute Gasteiger partial charge is 0.122 e. The SMILES string of the molecule is O=CC[C@@H]1OC[C@@H](O)[C@@H]1O. The number of aliphatic hydroxyl groups excluding tert-OH is 2. The van der Waals surface area contributed by atoms with E-state index in [0.717, 1.165) is 0 Å². The third-order valence-electron chi connectivity index (χ3n) is 1.58. The number of hydrogen-bond donors (Lipinski definition) is 2. The second kappa shape index (κ2) is 3.09. The molecule has 1 aliphatic heterocycles. The molecule has 0 bridgehead atoms. The van der Waals surface area contributed by atoms with Crippen molar-refractivity contribution in [3.05, 3.63) is 0 Å². The monoisotopic (exact) mass is 146 g/mol. The predicted molar refractivity (Wildman–Crippen MR) is 32.4 cm³/mol. The molecule has 4 heteroatoms. The van der Waals surface area contributed by atoms with Gasteiger partial charge in [-0.15, -0.1) is 0 Å². The Hall–Kier alpha value is -0.450. The molecule has 0 amide bonds. The van der Waals surface area contributed by atoms with Crippen LogP contribution < -0.4 is 0 Å². The van der Waals surface area contributed by atoms with Gasteiger partial charge in [0, 0.05) is 6.42 Å². The topological polar surface area (TPSA) is 66.8 Å². The molecule has 0 aromatic heterocycles. The lowest BCUT2D eigenvalue weighted by Gasteiger charge is -2.10. The van der Waals surface area contributed by atoms with Gasteiger partial charge >= 0.3 is 0 Å². The van der Waals surface area contributed by atoms with E-state index in [2.05, 4.69) is 0 Å². The Bertz CT molecular complexity index is 125. The predicted octanol–water partition coefficient (Wildman–Crippen LogP) is -1.30. The maximum Gasteiger partial charge on any atom is 0.122 e. The van der Waals surface area contributed by atoms with E-state index in [4.69, 9.17) is 14.9 Å². The molecule has 2 N–H and O–H groups in total. The van der Waals surface area contributed by atoms with E-state index >= 15 is 0 Å². The second-order valence-electron chi connectivity index (χ2n) is 2.33. The van der Waals surface area contributed by atoms with Gasteiger partial charge in [0.15, 0.2) is 0 Å². The third kappa shape index (κ3) is 1.34. The van der Waals surface area contributed by atoms with Crippen LogP contribution in [0.5, 0.6) is 0 Å². The summed E-state index contributed by atoms with van der Waals surface area (Å²) in [7, 11) is 0. The van der Waals surface area contributed by atoms with Crippen molar-refractivity contribution in [3.63, 3.8) is 0 Å². The minimum Gasteiger partial charge on any atom is -0.388 e. The van der Waals surface area contributed by atoms with Crippen LogP contribution in [0, 0.1) is 0 Å². The number of aliphatic hydroxyl groups is 2. The Morgan fingerprint density at radius 2 is 2.30 bits per heavy atom. The van der Waals surface area contributed by atoms with Crippen LogP contribution in [-0.2, 0) is 9.53 Å². The molecule has 1 fully saturated rings. The standard InChI is InChI=1S/C6H10O4/c7-2-1-5-6(9)4(8)3-10-5/h2,4-6,8-9H,1,3H2/t4-,5+,6+/m1/s1. The van der Waals surface area contributed by atoms with Crippen molar-refractivity contribution in [2.24, 2.45) is 0 Å². The zero-order chi connectivity index (χ0) is 7.56. The van der Waals surface area contributed by atoms with Crippen LogP contribution in [-0.4, -0.2) is 41.4 Å². The average Bonchev–Trinajstić information content (AvgIpc) is 2.20. The number of rotatable bonds is 2. The summed E-state index contributed by atoms with van der Waals surface area (Å²) >= 11 is 0. The average molecular weight is 146 g/mol. The van der Waals surface area contributed by atoms with Crippen molar-refractivity contribution in [3.8, 4) is 0 Å². The van der Waals surface area contributed by atoms with Gasteiger partial charge in [-0.3, -0.25) is 0 Å². The second-order valence-corrected chi connectivity index (χ2v) is 2.33. The fraction of sp³-hybridized carbons (Fsp3) is 0.833. The van der Waals surface area contributed by atoms with Crippen LogP contribution in [0.4, 0.5) is 0 Å². The molecule has 10 heavy (non-hydrogen) atoms. The van der Waals surface area contributed by atoms with Crippen LogP contribution in [0.25, 0.3) is 0 Å². The van der Waals surface area contributed by atoms with Crippen molar-refractivity contribution >= 4 is 6.29 Å². The molecular weight excluding hydrogens is 136 g/mol. The molecular formula is C6H10O4. The fourth-order valence-corrected chi connectivity index (χ4v) is 0.969. The molecule has 0 aromatic rings. The van der Waals surface area contributed by atoms with Crippen molar-refractivity contribution in [2.75, 3.05) is 6.61 Å². The fourth-order valence-electron chi connectivity index (χ4n) is 0.969. The lowest BCUT2D eigenvalue weighted by atomic mass is 10.1. The van der Waals surface area contributed by atoms with Gasteiger partial charge in [0.05, 0.1) is 12.7 Å². The largest absolute Gasteiger partial charge is 0.388 e. The van der Waals surface area contributed by atoms with Gasteiger partial charge in [0.2, 0.25) is 0 Å². The normalized spacial score (nSPS) is 40.0. The lowest BCUT2D eigenvalue weighted by Crippen LogP contribution is -2.29. The van der Waals surface area contributed by atoms with Crippen LogP contribution >= 0.6 is 0 Å². The molecule has 0 aliphatic carbocycles. The molecule has 0 radical (unpaired) electrons. The Kier molecular flexibility index (Phi) is 2.37. The number of hydrogen-bond acceptors (Lipinski definition) is 4. The number of ether oxygens (including phenoxy) is 1. The Balaban J connectivity index is 2.40. The van der Waals surface area contributed by atoms with Gasteiger partial charge < -0.3 is 19.7 Å². The maximum absolute atomic E-state index is 9.94. The summed E-state index contributed by atoms with van der Waals surface area (Å²) in [5.74, 6) is 0. The summed E-state index contributed by atoms with van der Waals surface area (Å²) in [5, 5.41) is 18.0. The minimum absolute atomic E-state index is 0.125. The summed E-state index contributed by atoms with van der Waals surface area (Å²) in [5.41, 5.74) is 0. The summed E-state index contributed by atoms with van der Waals surface area (Å²) in [4.78, 5) is 9.94. The van der Waals surface area contributed by atoms with E-state index in [1.807, 2.05) is 0 Å². The summed E-state index contributed by atoms with van der Waals surface area (Å²) < 4.78 is 4.89.